The molecule has 0 radical (unpaired) electrons. The van der Waals surface area contributed by atoms with Gasteiger partial charge < -0.3 is 0 Å². The summed E-state index contributed by atoms with van der Waals surface area (Å²) in [4.78, 5) is 20.7. The van der Waals surface area contributed by atoms with Crippen LogP contribution in [0.5, 0.6) is 0 Å². The van der Waals surface area contributed by atoms with E-state index in [-0.39, 0.29) is 10.9 Å². The second-order valence-electron chi connectivity index (χ2n) is 3.42. The number of rotatable bonds is 3. The van der Waals surface area contributed by atoms with Crippen LogP contribution in [0.2, 0.25) is 5.02 Å². The number of hydroxylamine groups is 2. The minimum absolute atomic E-state index is 0.282. The fourth-order valence-electron chi connectivity index (χ4n) is 1.24. The zero-order chi connectivity index (χ0) is 15.1. The number of carbonyl (C=O) groups excluding carboxylic acids is 1. The van der Waals surface area contributed by atoms with Gasteiger partial charge in [0.05, 0.1) is 7.11 Å². The first-order valence-electron chi connectivity index (χ1n) is 6.03. The standard InChI is InChI=1S/C11H10ClN3O2S.C2H6/c1-15(17-2)11(16)10-13-9(14-18-10)7-3-5-8(12)6-4-7;1-2/h3-6H,1-2H3;1-2H3. The quantitative estimate of drug-likeness (QED) is 0.814. The van der Waals surface area contributed by atoms with Crippen LogP contribution in [0.25, 0.3) is 11.4 Å². The van der Waals surface area contributed by atoms with Gasteiger partial charge in [0.1, 0.15) is 0 Å². The molecule has 1 aromatic carbocycles. The third-order valence-corrected chi connectivity index (χ3v) is 3.23. The molecule has 2 rings (SSSR count). The molecule has 0 spiro atoms. The van der Waals surface area contributed by atoms with Gasteiger partial charge in [0.2, 0.25) is 5.01 Å². The van der Waals surface area contributed by atoms with Gasteiger partial charge in [0.15, 0.2) is 5.82 Å². The lowest BCUT2D eigenvalue weighted by Gasteiger charge is -2.10. The van der Waals surface area contributed by atoms with Crippen molar-refractivity contribution in [2.45, 2.75) is 13.8 Å². The summed E-state index contributed by atoms with van der Waals surface area (Å²) in [6.07, 6.45) is 0. The van der Waals surface area contributed by atoms with E-state index in [9.17, 15) is 4.79 Å². The van der Waals surface area contributed by atoms with E-state index in [1.807, 2.05) is 13.8 Å². The molecular formula is C13H16ClN3O2S. The molecule has 0 saturated carbocycles. The highest BCUT2D eigenvalue weighted by atomic mass is 35.5. The van der Waals surface area contributed by atoms with Gasteiger partial charge in [-0.2, -0.15) is 4.37 Å². The Morgan fingerprint density at radius 3 is 2.45 bits per heavy atom. The molecule has 0 fully saturated rings. The van der Waals surface area contributed by atoms with Crippen LogP contribution < -0.4 is 0 Å². The number of amides is 1. The zero-order valence-electron chi connectivity index (χ0n) is 11.8. The normalized spacial score (nSPS) is 9.65. The maximum absolute atomic E-state index is 11.8. The van der Waals surface area contributed by atoms with Crippen molar-refractivity contribution in [1.29, 1.82) is 0 Å². The molecule has 0 aliphatic carbocycles. The lowest BCUT2D eigenvalue weighted by atomic mass is 10.2. The first kappa shape index (κ1) is 16.6. The molecule has 0 aliphatic rings. The molecule has 0 bridgehead atoms. The Labute approximate surface area is 127 Å². The second kappa shape index (κ2) is 7.94. The molecule has 108 valence electrons. The Morgan fingerprint density at radius 2 is 1.90 bits per heavy atom. The molecule has 7 heteroatoms. The van der Waals surface area contributed by atoms with Gasteiger partial charge in [-0.15, -0.1) is 0 Å². The van der Waals surface area contributed by atoms with Crippen LogP contribution in [0.15, 0.2) is 24.3 Å². The highest BCUT2D eigenvalue weighted by Crippen LogP contribution is 2.20. The minimum Gasteiger partial charge on any atom is -0.274 e. The number of halogens is 1. The summed E-state index contributed by atoms with van der Waals surface area (Å²) in [5, 5.41) is 2.03. The SMILES string of the molecule is CC.CON(C)C(=O)c1nc(-c2ccc(Cl)cc2)ns1. The summed E-state index contributed by atoms with van der Waals surface area (Å²) >= 11 is 6.83. The van der Waals surface area contributed by atoms with Crippen molar-refractivity contribution in [2.24, 2.45) is 0 Å². The Hall–Kier alpha value is -1.50. The maximum atomic E-state index is 11.8. The van der Waals surface area contributed by atoms with Gasteiger partial charge in [-0.05, 0) is 35.8 Å². The van der Waals surface area contributed by atoms with Crippen LogP contribution >= 0.6 is 23.1 Å². The van der Waals surface area contributed by atoms with Crippen molar-refractivity contribution < 1.29 is 9.63 Å². The molecule has 1 heterocycles. The summed E-state index contributed by atoms with van der Waals surface area (Å²) < 4.78 is 4.14. The number of nitrogens with zero attached hydrogens (tertiary/aromatic N) is 3. The molecule has 0 saturated heterocycles. The predicted octanol–water partition coefficient (Wildman–Crippen LogP) is 3.52. The Kier molecular flexibility index (Phi) is 6.57. The Balaban J connectivity index is 0.000000956. The molecule has 0 unspecified atom stereocenters. The lowest BCUT2D eigenvalue weighted by Crippen LogP contribution is -2.25. The molecule has 0 N–H and O–H groups in total. The average molecular weight is 314 g/mol. The summed E-state index contributed by atoms with van der Waals surface area (Å²) in [6, 6.07) is 7.11. The van der Waals surface area contributed by atoms with Crippen molar-refractivity contribution in [3.63, 3.8) is 0 Å². The van der Waals surface area contributed by atoms with E-state index < -0.39 is 0 Å². The van der Waals surface area contributed by atoms with Crippen LogP contribution in [-0.4, -0.2) is 34.5 Å². The lowest BCUT2D eigenvalue weighted by molar-refractivity contribution is -0.0757. The molecule has 1 amide bonds. The van der Waals surface area contributed by atoms with Gasteiger partial charge in [0.25, 0.3) is 0 Å². The van der Waals surface area contributed by atoms with Crippen molar-refractivity contribution in [3.8, 4) is 11.4 Å². The molecule has 1 aromatic heterocycles. The topological polar surface area (TPSA) is 55.3 Å². The van der Waals surface area contributed by atoms with Gasteiger partial charge in [-0.25, -0.2) is 10.0 Å². The maximum Gasteiger partial charge on any atom is 0.307 e. The van der Waals surface area contributed by atoms with Crippen molar-refractivity contribution in [2.75, 3.05) is 14.2 Å². The smallest absolute Gasteiger partial charge is 0.274 e. The van der Waals surface area contributed by atoms with E-state index >= 15 is 0 Å². The van der Waals surface area contributed by atoms with Gasteiger partial charge >= 0.3 is 5.91 Å². The van der Waals surface area contributed by atoms with Crippen LogP contribution in [-0.2, 0) is 4.84 Å². The first-order valence-corrected chi connectivity index (χ1v) is 7.18. The van der Waals surface area contributed by atoms with Crippen LogP contribution in [0, 0.1) is 0 Å². The van der Waals surface area contributed by atoms with E-state index in [1.165, 1.54) is 14.2 Å². The van der Waals surface area contributed by atoms with Gasteiger partial charge in [-0.3, -0.25) is 9.63 Å². The third-order valence-electron chi connectivity index (χ3n) is 2.27. The van der Waals surface area contributed by atoms with Crippen molar-refractivity contribution in [1.82, 2.24) is 14.4 Å². The Bertz CT molecular complexity index is 557. The predicted molar refractivity (Wildman–Crippen MR) is 80.8 cm³/mol. The van der Waals surface area contributed by atoms with E-state index in [1.54, 1.807) is 24.3 Å². The average Bonchev–Trinajstić information content (AvgIpc) is 2.98. The first-order chi connectivity index (χ1) is 9.61. The molecule has 2 aromatic rings. The number of aromatic nitrogens is 2. The van der Waals surface area contributed by atoms with E-state index in [0.29, 0.717) is 10.8 Å². The monoisotopic (exact) mass is 313 g/mol. The molecular weight excluding hydrogens is 298 g/mol. The van der Waals surface area contributed by atoms with Crippen molar-refractivity contribution >= 4 is 29.0 Å². The van der Waals surface area contributed by atoms with Crippen LogP contribution in [0.1, 0.15) is 23.6 Å². The number of carbonyl (C=O) groups is 1. The summed E-state index contributed by atoms with van der Waals surface area (Å²) in [7, 11) is 2.94. The van der Waals surface area contributed by atoms with Crippen LogP contribution in [0.3, 0.4) is 0 Å². The molecule has 0 atom stereocenters. The molecule has 20 heavy (non-hydrogen) atoms. The largest absolute Gasteiger partial charge is 0.307 e. The number of benzene rings is 1. The van der Waals surface area contributed by atoms with Gasteiger partial charge in [0, 0.05) is 17.6 Å². The highest BCUT2D eigenvalue weighted by Gasteiger charge is 2.17. The summed E-state index contributed by atoms with van der Waals surface area (Å²) in [5.41, 5.74) is 0.815. The second-order valence-corrected chi connectivity index (χ2v) is 4.60. The summed E-state index contributed by atoms with van der Waals surface area (Å²) in [5.74, 6) is 0.180. The van der Waals surface area contributed by atoms with Crippen LogP contribution in [0.4, 0.5) is 0 Å². The fraction of sp³-hybridized carbons (Fsp3) is 0.308. The third kappa shape index (κ3) is 4.00. The molecule has 0 aliphatic heterocycles. The number of hydrogen-bond acceptors (Lipinski definition) is 5. The Morgan fingerprint density at radius 1 is 1.30 bits per heavy atom. The number of hydrogen-bond donors (Lipinski definition) is 0. The highest BCUT2D eigenvalue weighted by molar-refractivity contribution is 7.07. The van der Waals surface area contributed by atoms with Crippen molar-refractivity contribution in [3.05, 3.63) is 34.3 Å². The summed E-state index contributed by atoms with van der Waals surface area (Å²) in [6.45, 7) is 4.00. The minimum atomic E-state index is -0.324. The van der Waals surface area contributed by atoms with E-state index in [0.717, 1.165) is 22.2 Å². The molecule has 5 nitrogen and oxygen atoms in total. The van der Waals surface area contributed by atoms with E-state index in [2.05, 4.69) is 9.36 Å². The fourth-order valence-corrected chi connectivity index (χ4v) is 2.02. The van der Waals surface area contributed by atoms with E-state index in [4.69, 9.17) is 16.4 Å². The zero-order valence-corrected chi connectivity index (χ0v) is 13.3. The van der Waals surface area contributed by atoms with Gasteiger partial charge in [-0.1, -0.05) is 25.4 Å².